The third-order valence-electron chi connectivity index (χ3n) is 1.17. The Morgan fingerprint density at radius 2 is 2.15 bits per heavy atom. The minimum atomic E-state index is -3.43. The SMILES string of the molecule is O=S(=O)(Cl)C/C=C\c1ccc(Cl)s1. The van der Waals surface area contributed by atoms with Crippen molar-refractivity contribution in [1.29, 1.82) is 0 Å². The first kappa shape index (κ1) is 11.0. The van der Waals surface area contributed by atoms with Crippen molar-refractivity contribution >= 4 is 48.7 Å². The van der Waals surface area contributed by atoms with E-state index in [-0.39, 0.29) is 5.75 Å². The van der Waals surface area contributed by atoms with E-state index in [0.29, 0.717) is 4.34 Å². The van der Waals surface area contributed by atoms with Crippen LogP contribution >= 0.6 is 33.6 Å². The minimum absolute atomic E-state index is 0.163. The molecule has 0 saturated heterocycles. The summed E-state index contributed by atoms with van der Waals surface area (Å²) in [5, 5.41) is 0. The summed E-state index contributed by atoms with van der Waals surface area (Å²) in [5.41, 5.74) is 0. The first-order chi connectivity index (χ1) is 5.97. The monoisotopic (exact) mass is 256 g/mol. The Morgan fingerprint density at radius 3 is 2.62 bits per heavy atom. The van der Waals surface area contributed by atoms with Crippen molar-refractivity contribution in [2.45, 2.75) is 0 Å². The average Bonchev–Trinajstić information content (AvgIpc) is 2.33. The maximum atomic E-state index is 10.5. The predicted molar refractivity (Wildman–Crippen MR) is 58.0 cm³/mol. The topological polar surface area (TPSA) is 34.1 Å². The number of thiophene rings is 1. The van der Waals surface area contributed by atoms with Crippen LogP contribution in [0.25, 0.3) is 6.08 Å². The Kier molecular flexibility index (Phi) is 3.79. The van der Waals surface area contributed by atoms with Crippen LogP contribution in [-0.4, -0.2) is 14.2 Å². The molecular formula is C7H6Cl2O2S2. The van der Waals surface area contributed by atoms with Crippen LogP contribution in [0.1, 0.15) is 4.88 Å². The Balaban J connectivity index is 2.60. The highest BCUT2D eigenvalue weighted by molar-refractivity contribution is 8.13. The summed E-state index contributed by atoms with van der Waals surface area (Å²) >= 11 is 7.05. The lowest BCUT2D eigenvalue weighted by molar-refractivity contribution is 0.612. The molecule has 0 unspecified atom stereocenters. The molecule has 0 aliphatic heterocycles. The van der Waals surface area contributed by atoms with Crippen molar-refractivity contribution < 1.29 is 8.42 Å². The van der Waals surface area contributed by atoms with Crippen molar-refractivity contribution in [3.8, 4) is 0 Å². The highest BCUT2D eigenvalue weighted by atomic mass is 35.7. The van der Waals surface area contributed by atoms with Crippen LogP contribution in [-0.2, 0) is 9.05 Å². The molecule has 1 aromatic rings. The Hall–Kier alpha value is -0.0300. The van der Waals surface area contributed by atoms with Crippen LogP contribution in [0.4, 0.5) is 0 Å². The molecule has 2 nitrogen and oxygen atoms in total. The van der Waals surface area contributed by atoms with Crippen molar-refractivity contribution in [2.75, 3.05) is 5.75 Å². The van der Waals surface area contributed by atoms with Gasteiger partial charge in [-0.05, 0) is 18.2 Å². The van der Waals surface area contributed by atoms with Crippen LogP contribution in [0.3, 0.4) is 0 Å². The molecule has 0 saturated carbocycles. The van der Waals surface area contributed by atoms with Crippen molar-refractivity contribution in [3.05, 3.63) is 27.4 Å². The van der Waals surface area contributed by atoms with Gasteiger partial charge >= 0.3 is 0 Å². The maximum Gasteiger partial charge on any atom is 0.236 e. The zero-order valence-corrected chi connectivity index (χ0v) is 9.55. The summed E-state index contributed by atoms with van der Waals surface area (Å²) < 4.78 is 21.7. The number of rotatable bonds is 3. The first-order valence-corrected chi connectivity index (χ1v) is 6.99. The predicted octanol–water partition coefficient (Wildman–Crippen LogP) is 2.98. The van der Waals surface area contributed by atoms with Gasteiger partial charge in [0.2, 0.25) is 9.05 Å². The van der Waals surface area contributed by atoms with E-state index in [4.69, 9.17) is 22.3 Å². The molecule has 0 radical (unpaired) electrons. The van der Waals surface area contributed by atoms with E-state index in [9.17, 15) is 8.42 Å². The van der Waals surface area contributed by atoms with Crippen LogP contribution in [0.5, 0.6) is 0 Å². The molecule has 0 N–H and O–H groups in total. The largest absolute Gasteiger partial charge is 0.236 e. The van der Waals surface area contributed by atoms with Gasteiger partial charge in [0.1, 0.15) is 0 Å². The molecule has 0 fully saturated rings. The molecule has 1 heterocycles. The maximum absolute atomic E-state index is 10.5. The van der Waals surface area contributed by atoms with Gasteiger partial charge in [-0.3, -0.25) is 0 Å². The third-order valence-corrected chi connectivity index (χ3v) is 3.34. The van der Waals surface area contributed by atoms with Gasteiger partial charge in [-0.15, -0.1) is 11.3 Å². The zero-order valence-electron chi connectivity index (χ0n) is 6.41. The fourth-order valence-electron chi connectivity index (χ4n) is 0.697. The van der Waals surface area contributed by atoms with Gasteiger partial charge in [0.05, 0.1) is 10.1 Å². The number of hydrogen-bond acceptors (Lipinski definition) is 3. The fraction of sp³-hybridized carbons (Fsp3) is 0.143. The van der Waals surface area contributed by atoms with Crippen LogP contribution in [0, 0.1) is 0 Å². The molecule has 0 spiro atoms. The summed E-state index contributed by atoms with van der Waals surface area (Å²) in [7, 11) is 1.57. The van der Waals surface area contributed by atoms with E-state index in [2.05, 4.69) is 0 Å². The van der Waals surface area contributed by atoms with Crippen LogP contribution in [0.15, 0.2) is 18.2 Å². The summed E-state index contributed by atoms with van der Waals surface area (Å²) in [6.07, 6.45) is 3.17. The molecule has 1 rings (SSSR count). The normalized spacial score (nSPS) is 12.5. The molecule has 0 amide bonds. The zero-order chi connectivity index (χ0) is 9.90. The van der Waals surface area contributed by atoms with Gasteiger partial charge in [0, 0.05) is 15.6 Å². The summed E-state index contributed by atoms with van der Waals surface area (Å²) in [5.74, 6) is -0.163. The molecule has 72 valence electrons. The van der Waals surface area contributed by atoms with Gasteiger partial charge in [-0.2, -0.15) is 0 Å². The van der Waals surface area contributed by atoms with Gasteiger partial charge in [-0.1, -0.05) is 17.7 Å². The summed E-state index contributed by atoms with van der Waals surface area (Å²) in [6, 6.07) is 3.56. The molecule has 1 aromatic heterocycles. The lowest BCUT2D eigenvalue weighted by Gasteiger charge is -1.85. The van der Waals surface area contributed by atoms with Crippen LogP contribution < -0.4 is 0 Å². The lowest BCUT2D eigenvalue weighted by atomic mass is 10.4. The van der Waals surface area contributed by atoms with E-state index < -0.39 is 9.05 Å². The standard InChI is InChI=1S/C7H6Cl2O2S2/c8-7-4-3-6(12-7)2-1-5-13(9,10)11/h1-4H,5H2/b2-1-. The van der Waals surface area contributed by atoms with Gasteiger partial charge in [0.25, 0.3) is 0 Å². The van der Waals surface area contributed by atoms with E-state index in [1.807, 2.05) is 6.07 Å². The molecular weight excluding hydrogens is 251 g/mol. The highest BCUT2D eigenvalue weighted by Crippen LogP contribution is 2.22. The molecule has 6 heteroatoms. The Labute approximate surface area is 90.2 Å². The first-order valence-electron chi connectivity index (χ1n) is 3.31. The molecule has 0 aromatic carbocycles. The van der Waals surface area contributed by atoms with E-state index in [1.165, 1.54) is 17.4 Å². The highest BCUT2D eigenvalue weighted by Gasteiger charge is 2.00. The average molecular weight is 257 g/mol. The van der Waals surface area contributed by atoms with E-state index >= 15 is 0 Å². The van der Waals surface area contributed by atoms with Gasteiger partial charge in [0.15, 0.2) is 0 Å². The third kappa shape index (κ3) is 4.67. The number of hydrogen-bond donors (Lipinski definition) is 0. The molecule has 0 bridgehead atoms. The lowest BCUT2D eigenvalue weighted by Crippen LogP contribution is -1.91. The van der Waals surface area contributed by atoms with E-state index in [1.54, 1.807) is 12.1 Å². The van der Waals surface area contributed by atoms with Crippen molar-refractivity contribution in [3.63, 3.8) is 0 Å². The minimum Gasteiger partial charge on any atom is -0.212 e. The Bertz CT molecular complexity index is 406. The molecule has 13 heavy (non-hydrogen) atoms. The molecule has 0 atom stereocenters. The second-order valence-corrected chi connectivity index (χ2v) is 6.82. The van der Waals surface area contributed by atoms with Crippen molar-refractivity contribution in [2.24, 2.45) is 0 Å². The molecule has 0 aliphatic rings. The van der Waals surface area contributed by atoms with E-state index in [0.717, 1.165) is 4.88 Å². The van der Waals surface area contributed by atoms with Gasteiger partial charge < -0.3 is 0 Å². The smallest absolute Gasteiger partial charge is 0.212 e. The van der Waals surface area contributed by atoms with Gasteiger partial charge in [-0.25, -0.2) is 8.42 Å². The second-order valence-electron chi connectivity index (χ2n) is 2.25. The second kappa shape index (κ2) is 4.46. The Morgan fingerprint density at radius 1 is 1.46 bits per heavy atom. The van der Waals surface area contributed by atoms with Crippen LogP contribution in [0.2, 0.25) is 4.34 Å². The fourth-order valence-corrected chi connectivity index (χ4v) is 2.23. The quantitative estimate of drug-likeness (QED) is 0.780. The summed E-state index contributed by atoms with van der Waals surface area (Å²) in [6.45, 7) is 0. The van der Waals surface area contributed by atoms with Crippen molar-refractivity contribution in [1.82, 2.24) is 0 Å². The summed E-state index contributed by atoms with van der Waals surface area (Å²) in [4.78, 5) is 0.908. The number of halogens is 2. The molecule has 0 aliphatic carbocycles.